The lowest BCUT2D eigenvalue weighted by atomic mass is 9.99. The smallest absolute Gasteiger partial charge is 0.128 e. The fourth-order valence-corrected chi connectivity index (χ4v) is 3.51. The molecule has 0 saturated heterocycles. The van der Waals surface area contributed by atoms with Crippen molar-refractivity contribution in [3.05, 3.63) is 52.5 Å². The van der Waals surface area contributed by atoms with Gasteiger partial charge in [-0.15, -0.1) is 0 Å². The van der Waals surface area contributed by atoms with Gasteiger partial charge in [0, 0.05) is 10.9 Å². The van der Waals surface area contributed by atoms with Crippen molar-refractivity contribution < 1.29 is 4.74 Å². The molecule has 3 aromatic rings. The molecule has 126 valence electrons. The number of nitrogens with two attached hydrogens (primary N) is 1. The van der Waals surface area contributed by atoms with E-state index < -0.39 is 0 Å². The Kier molecular flexibility index (Phi) is 5.12. The number of methoxy groups -OCH3 is 1. The number of hydrogen-bond donors (Lipinski definition) is 2. The van der Waals surface area contributed by atoms with Crippen LogP contribution >= 0.6 is 11.6 Å². The minimum atomic E-state index is 0.707. The standard InChI is InChI=1S/C20H23ClN2O/c1-13-10-11-16(21)18-15(8-5-6-12-22)20(23-19(13)18)14-7-3-4-9-17(14)24-2/h3-4,7,9-11,23H,5-6,8,12,22H2,1-2H3. The van der Waals surface area contributed by atoms with E-state index in [2.05, 4.69) is 24.0 Å². The maximum atomic E-state index is 6.55. The van der Waals surface area contributed by atoms with E-state index in [9.17, 15) is 0 Å². The number of ether oxygens (including phenoxy) is 1. The summed E-state index contributed by atoms with van der Waals surface area (Å²) in [6, 6.07) is 12.1. The van der Waals surface area contributed by atoms with Crippen molar-refractivity contribution in [3.63, 3.8) is 0 Å². The minimum absolute atomic E-state index is 0.707. The Hall–Kier alpha value is -1.97. The molecule has 3 rings (SSSR count). The van der Waals surface area contributed by atoms with Crippen LogP contribution in [0.2, 0.25) is 5.02 Å². The highest BCUT2D eigenvalue weighted by Crippen LogP contribution is 2.39. The summed E-state index contributed by atoms with van der Waals surface area (Å²) in [6.45, 7) is 2.81. The van der Waals surface area contributed by atoms with Gasteiger partial charge in [-0.2, -0.15) is 0 Å². The van der Waals surface area contributed by atoms with Crippen molar-refractivity contribution in [1.82, 2.24) is 4.98 Å². The van der Waals surface area contributed by atoms with Crippen molar-refractivity contribution in [1.29, 1.82) is 0 Å². The number of fused-ring (bicyclic) bond motifs is 1. The largest absolute Gasteiger partial charge is 0.496 e. The summed E-state index contributed by atoms with van der Waals surface area (Å²) in [5, 5.41) is 1.91. The van der Waals surface area contributed by atoms with Gasteiger partial charge in [0.15, 0.2) is 0 Å². The van der Waals surface area contributed by atoms with E-state index >= 15 is 0 Å². The summed E-state index contributed by atoms with van der Waals surface area (Å²) in [6.07, 6.45) is 2.98. The van der Waals surface area contributed by atoms with Crippen LogP contribution in [0.5, 0.6) is 5.75 Å². The summed E-state index contributed by atoms with van der Waals surface area (Å²) >= 11 is 6.55. The minimum Gasteiger partial charge on any atom is -0.496 e. The fourth-order valence-electron chi connectivity index (χ4n) is 3.24. The number of H-pyrrole nitrogens is 1. The topological polar surface area (TPSA) is 51.0 Å². The molecule has 0 atom stereocenters. The van der Waals surface area contributed by atoms with E-state index in [1.165, 1.54) is 11.1 Å². The molecule has 1 aromatic heterocycles. The van der Waals surface area contributed by atoms with E-state index in [0.717, 1.165) is 52.2 Å². The van der Waals surface area contributed by atoms with Crippen molar-refractivity contribution in [2.24, 2.45) is 5.73 Å². The molecule has 4 heteroatoms. The number of nitrogens with one attached hydrogen (secondary N) is 1. The van der Waals surface area contributed by atoms with E-state index in [1.54, 1.807) is 7.11 Å². The molecule has 0 aliphatic heterocycles. The predicted molar refractivity (Wildman–Crippen MR) is 102 cm³/mol. The number of benzene rings is 2. The fraction of sp³-hybridized carbons (Fsp3) is 0.300. The Morgan fingerprint density at radius 1 is 1.12 bits per heavy atom. The SMILES string of the molecule is COc1ccccc1-c1[nH]c2c(C)ccc(Cl)c2c1CCCCN. The molecule has 0 aliphatic rings. The third-order valence-electron chi connectivity index (χ3n) is 4.47. The van der Waals surface area contributed by atoms with Crippen LogP contribution in [0.4, 0.5) is 0 Å². The van der Waals surface area contributed by atoms with Crippen molar-refractivity contribution >= 4 is 22.5 Å². The first-order valence-electron chi connectivity index (χ1n) is 8.30. The summed E-state index contributed by atoms with van der Waals surface area (Å²) in [5.74, 6) is 0.859. The van der Waals surface area contributed by atoms with Gasteiger partial charge in [-0.1, -0.05) is 29.8 Å². The lowest BCUT2D eigenvalue weighted by Gasteiger charge is -2.10. The van der Waals surface area contributed by atoms with Gasteiger partial charge in [0.25, 0.3) is 0 Å². The van der Waals surface area contributed by atoms with Crippen LogP contribution in [0.3, 0.4) is 0 Å². The molecular weight excluding hydrogens is 320 g/mol. The first-order valence-corrected chi connectivity index (χ1v) is 8.68. The van der Waals surface area contributed by atoms with Gasteiger partial charge in [0.1, 0.15) is 5.75 Å². The third-order valence-corrected chi connectivity index (χ3v) is 4.79. The van der Waals surface area contributed by atoms with Gasteiger partial charge >= 0.3 is 0 Å². The predicted octanol–water partition coefficient (Wildman–Crippen LogP) is 5.09. The zero-order valence-corrected chi connectivity index (χ0v) is 14.9. The van der Waals surface area contributed by atoms with Crippen LogP contribution in [0.25, 0.3) is 22.2 Å². The lowest BCUT2D eigenvalue weighted by molar-refractivity contribution is 0.416. The van der Waals surface area contributed by atoms with Gasteiger partial charge in [0.05, 0.1) is 23.3 Å². The first-order chi connectivity index (χ1) is 11.7. The number of aryl methyl sites for hydroxylation is 2. The van der Waals surface area contributed by atoms with Crippen LogP contribution in [-0.4, -0.2) is 18.6 Å². The molecule has 3 nitrogen and oxygen atoms in total. The van der Waals surface area contributed by atoms with Crippen LogP contribution in [0.15, 0.2) is 36.4 Å². The molecule has 0 unspecified atom stereocenters. The van der Waals surface area contributed by atoms with Gasteiger partial charge in [-0.3, -0.25) is 0 Å². The average Bonchev–Trinajstić information content (AvgIpc) is 2.99. The van der Waals surface area contributed by atoms with E-state index in [-0.39, 0.29) is 0 Å². The molecule has 0 aliphatic carbocycles. The van der Waals surface area contributed by atoms with Crippen LogP contribution in [-0.2, 0) is 6.42 Å². The number of aromatic nitrogens is 1. The second-order valence-electron chi connectivity index (χ2n) is 6.04. The molecule has 24 heavy (non-hydrogen) atoms. The number of rotatable bonds is 6. The Morgan fingerprint density at radius 3 is 2.67 bits per heavy atom. The Morgan fingerprint density at radius 2 is 1.92 bits per heavy atom. The Bertz CT molecular complexity index is 854. The molecule has 3 N–H and O–H groups in total. The second-order valence-corrected chi connectivity index (χ2v) is 6.45. The Labute approximate surface area is 147 Å². The molecule has 0 amide bonds. The lowest BCUT2D eigenvalue weighted by Crippen LogP contribution is -1.99. The monoisotopic (exact) mass is 342 g/mol. The highest BCUT2D eigenvalue weighted by Gasteiger charge is 2.18. The van der Waals surface area contributed by atoms with Crippen LogP contribution < -0.4 is 10.5 Å². The molecule has 0 saturated carbocycles. The van der Waals surface area contributed by atoms with E-state index in [0.29, 0.717) is 6.54 Å². The highest BCUT2D eigenvalue weighted by molar-refractivity contribution is 6.36. The van der Waals surface area contributed by atoms with Gasteiger partial charge in [0.2, 0.25) is 0 Å². The molecule has 1 heterocycles. The molecular formula is C20H23ClN2O. The summed E-state index contributed by atoms with van der Waals surface area (Å²) in [7, 11) is 1.70. The molecule has 2 aromatic carbocycles. The molecule has 0 bridgehead atoms. The number of para-hydroxylation sites is 1. The highest BCUT2D eigenvalue weighted by atomic mass is 35.5. The number of aromatic amines is 1. The Balaban J connectivity index is 2.24. The average molecular weight is 343 g/mol. The van der Waals surface area contributed by atoms with Crippen molar-refractivity contribution in [2.75, 3.05) is 13.7 Å². The number of unbranched alkanes of at least 4 members (excludes halogenated alkanes) is 1. The summed E-state index contributed by atoms with van der Waals surface area (Å²) < 4.78 is 5.56. The second kappa shape index (κ2) is 7.29. The number of hydrogen-bond acceptors (Lipinski definition) is 2. The van der Waals surface area contributed by atoms with Gasteiger partial charge in [-0.05, 0) is 62.1 Å². The normalized spacial score (nSPS) is 11.2. The molecule has 0 fully saturated rings. The zero-order valence-electron chi connectivity index (χ0n) is 14.2. The van der Waals surface area contributed by atoms with E-state index in [1.807, 2.05) is 24.3 Å². The maximum Gasteiger partial charge on any atom is 0.128 e. The molecule has 0 spiro atoms. The van der Waals surface area contributed by atoms with Gasteiger partial charge < -0.3 is 15.5 Å². The number of halogens is 1. The molecule has 0 radical (unpaired) electrons. The van der Waals surface area contributed by atoms with Crippen LogP contribution in [0, 0.1) is 6.92 Å². The first kappa shape index (κ1) is 16.9. The van der Waals surface area contributed by atoms with Crippen molar-refractivity contribution in [2.45, 2.75) is 26.2 Å². The summed E-state index contributed by atoms with van der Waals surface area (Å²) in [4.78, 5) is 3.60. The van der Waals surface area contributed by atoms with Crippen molar-refractivity contribution in [3.8, 4) is 17.0 Å². The summed E-state index contributed by atoms with van der Waals surface area (Å²) in [5.41, 5.74) is 11.4. The zero-order chi connectivity index (χ0) is 17.1. The van der Waals surface area contributed by atoms with Gasteiger partial charge in [-0.25, -0.2) is 0 Å². The maximum absolute atomic E-state index is 6.55. The third kappa shape index (κ3) is 3.02. The quantitative estimate of drug-likeness (QED) is 0.613. The van der Waals surface area contributed by atoms with Crippen LogP contribution in [0.1, 0.15) is 24.0 Å². The van der Waals surface area contributed by atoms with E-state index in [4.69, 9.17) is 22.1 Å².